The predicted molar refractivity (Wildman–Crippen MR) is 237 cm³/mol. The molecule has 2 heteroatoms. The van der Waals surface area contributed by atoms with E-state index in [-0.39, 0.29) is 0 Å². The van der Waals surface area contributed by atoms with E-state index >= 15 is 0 Å². The molecule has 0 unspecified atom stereocenters. The van der Waals surface area contributed by atoms with Gasteiger partial charge in [0.25, 0.3) is 0 Å². The molecule has 2 aromatic heterocycles. The maximum absolute atomic E-state index is 6.84. The van der Waals surface area contributed by atoms with Crippen LogP contribution in [0.25, 0.3) is 89.3 Å². The van der Waals surface area contributed by atoms with Gasteiger partial charge in [0.05, 0.1) is 16.8 Å². The Balaban J connectivity index is 1.03. The van der Waals surface area contributed by atoms with Crippen molar-refractivity contribution in [2.45, 2.75) is 5.41 Å². The van der Waals surface area contributed by atoms with Crippen LogP contribution in [-0.4, -0.2) is 4.98 Å². The van der Waals surface area contributed by atoms with E-state index in [1.807, 2.05) is 0 Å². The molecule has 0 fully saturated rings. The van der Waals surface area contributed by atoms with Crippen molar-refractivity contribution in [3.05, 3.63) is 235 Å². The van der Waals surface area contributed by atoms with Crippen molar-refractivity contribution in [2.75, 3.05) is 0 Å². The molecule has 1 spiro atoms. The molecular formula is C56H35NO. The maximum atomic E-state index is 6.84. The van der Waals surface area contributed by atoms with E-state index in [1.165, 1.54) is 61.0 Å². The summed E-state index contributed by atoms with van der Waals surface area (Å²) in [7, 11) is 0. The van der Waals surface area contributed by atoms with E-state index in [9.17, 15) is 0 Å². The van der Waals surface area contributed by atoms with E-state index in [4.69, 9.17) is 9.40 Å². The Bertz CT molecular complexity index is 3170. The first kappa shape index (κ1) is 32.7. The molecule has 0 bridgehead atoms. The van der Waals surface area contributed by atoms with Gasteiger partial charge >= 0.3 is 0 Å². The van der Waals surface area contributed by atoms with Crippen LogP contribution in [0.3, 0.4) is 0 Å². The second kappa shape index (κ2) is 12.7. The topological polar surface area (TPSA) is 26.0 Å². The number of hydrogen-bond acceptors (Lipinski definition) is 2. The summed E-state index contributed by atoms with van der Waals surface area (Å²) in [5, 5.41) is 1.17. The third-order valence-electron chi connectivity index (χ3n) is 12.3. The third kappa shape index (κ3) is 4.76. The fourth-order valence-corrected chi connectivity index (χ4v) is 9.83. The van der Waals surface area contributed by atoms with Crippen LogP contribution in [0.2, 0.25) is 0 Å². The molecule has 10 aromatic rings. The van der Waals surface area contributed by atoms with Gasteiger partial charge in [0.1, 0.15) is 11.3 Å². The largest absolute Gasteiger partial charge is 0.456 e. The first-order valence-corrected chi connectivity index (χ1v) is 20.0. The molecule has 0 saturated carbocycles. The number of pyridine rings is 1. The number of fused-ring (bicyclic) bond motifs is 12. The lowest BCUT2D eigenvalue weighted by molar-refractivity contribution is 0.628. The molecule has 12 rings (SSSR count). The zero-order chi connectivity index (χ0) is 38.2. The van der Waals surface area contributed by atoms with Crippen molar-refractivity contribution in [1.82, 2.24) is 4.98 Å². The van der Waals surface area contributed by atoms with Crippen LogP contribution in [0.5, 0.6) is 0 Å². The van der Waals surface area contributed by atoms with Crippen molar-refractivity contribution in [3.8, 4) is 78.3 Å². The minimum atomic E-state index is -0.529. The molecule has 2 aliphatic carbocycles. The van der Waals surface area contributed by atoms with Crippen LogP contribution in [-0.2, 0) is 5.41 Å². The summed E-state index contributed by atoms with van der Waals surface area (Å²) < 4.78 is 6.84. The van der Waals surface area contributed by atoms with E-state index in [2.05, 4.69) is 212 Å². The van der Waals surface area contributed by atoms with E-state index in [1.54, 1.807) is 0 Å². The molecule has 2 aliphatic rings. The molecule has 270 valence electrons. The van der Waals surface area contributed by atoms with Gasteiger partial charge in [0.2, 0.25) is 0 Å². The molecule has 2 heterocycles. The van der Waals surface area contributed by atoms with Crippen LogP contribution in [0.15, 0.2) is 217 Å². The molecule has 8 aromatic carbocycles. The van der Waals surface area contributed by atoms with Gasteiger partial charge in [-0.3, -0.25) is 0 Å². The number of hydrogen-bond donors (Lipinski definition) is 0. The highest BCUT2D eigenvalue weighted by atomic mass is 16.3. The number of furan rings is 1. The average Bonchev–Trinajstić information content (AvgIpc) is 3.93. The van der Waals surface area contributed by atoms with E-state index < -0.39 is 5.41 Å². The van der Waals surface area contributed by atoms with Gasteiger partial charge in [0, 0.05) is 27.6 Å². The summed E-state index contributed by atoms with van der Waals surface area (Å²) in [6, 6.07) is 76.5. The Labute approximate surface area is 337 Å². The van der Waals surface area contributed by atoms with Crippen LogP contribution in [0, 0.1) is 0 Å². The summed E-state index contributed by atoms with van der Waals surface area (Å²) in [4.78, 5) is 5.24. The van der Waals surface area contributed by atoms with Crippen LogP contribution in [0.1, 0.15) is 22.3 Å². The van der Waals surface area contributed by atoms with E-state index in [0.717, 1.165) is 50.5 Å². The van der Waals surface area contributed by atoms with Crippen molar-refractivity contribution in [3.63, 3.8) is 0 Å². The smallest absolute Gasteiger partial charge is 0.140 e. The minimum Gasteiger partial charge on any atom is -0.456 e. The number of nitrogens with zero attached hydrogens (tertiary/aromatic N) is 1. The molecular weight excluding hydrogens is 703 g/mol. The van der Waals surface area contributed by atoms with Crippen molar-refractivity contribution < 1.29 is 4.42 Å². The standard InChI is InChI=1S/C56H35NO/c1-3-15-36(16-4-1)40-19-13-20-41(33-40)51-35-42(34-50(57-51)39-17-5-2-6-18-39)37-29-31-38(32-30-37)43-24-14-25-47-53(43)56(54-46-23-9-12-28-52(46)58-55(47)54)48-26-10-7-21-44(48)45-22-8-11-27-49(45)56/h1-35H. The van der Waals surface area contributed by atoms with Gasteiger partial charge < -0.3 is 4.42 Å². The van der Waals surface area contributed by atoms with Gasteiger partial charge in [-0.2, -0.15) is 0 Å². The zero-order valence-electron chi connectivity index (χ0n) is 31.6. The van der Waals surface area contributed by atoms with Gasteiger partial charge in [-0.15, -0.1) is 0 Å². The van der Waals surface area contributed by atoms with Gasteiger partial charge in [-0.1, -0.05) is 188 Å². The predicted octanol–water partition coefficient (Wildman–Crippen LogP) is 14.5. The van der Waals surface area contributed by atoms with Crippen LogP contribution in [0.4, 0.5) is 0 Å². The summed E-state index contributed by atoms with van der Waals surface area (Å²) in [5.41, 5.74) is 20.3. The number of para-hydroxylation sites is 1. The fraction of sp³-hybridized carbons (Fsp3) is 0.0179. The van der Waals surface area contributed by atoms with Crippen molar-refractivity contribution in [1.29, 1.82) is 0 Å². The molecule has 0 saturated heterocycles. The molecule has 2 nitrogen and oxygen atoms in total. The lowest BCUT2D eigenvalue weighted by Gasteiger charge is -2.31. The molecule has 0 radical (unpaired) electrons. The number of aromatic nitrogens is 1. The van der Waals surface area contributed by atoms with Crippen LogP contribution < -0.4 is 0 Å². The van der Waals surface area contributed by atoms with Crippen LogP contribution >= 0.6 is 0 Å². The molecule has 58 heavy (non-hydrogen) atoms. The Hall–Kier alpha value is -7.55. The maximum Gasteiger partial charge on any atom is 0.140 e. The monoisotopic (exact) mass is 737 g/mol. The quantitative estimate of drug-likeness (QED) is 0.176. The lowest BCUT2D eigenvalue weighted by Crippen LogP contribution is -2.26. The zero-order valence-corrected chi connectivity index (χ0v) is 31.6. The Morgan fingerprint density at radius 1 is 0.328 bits per heavy atom. The second-order valence-corrected chi connectivity index (χ2v) is 15.4. The first-order chi connectivity index (χ1) is 28.8. The molecule has 0 N–H and O–H groups in total. The Morgan fingerprint density at radius 2 is 0.845 bits per heavy atom. The third-order valence-corrected chi connectivity index (χ3v) is 12.3. The number of rotatable bonds is 5. The van der Waals surface area contributed by atoms with Gasteiger partial charge in [-0.25, -0.2) is 4.98 Å². The minimum absolute atomic E-state index is 0.529. The Kier molecular flexibility index (Phi) is 7.18. The Morgan fingerprint density at radius 3 is 1.59 bits per heavy atom. The average molecular weight is 738 g/mol. The van der Waals surface area contributed by atoms with Gasteiger partial charge in [-0.05, 0) is 85.5 Å². The summed E-state index contributed by atoms with van der Waals surface area (Å²) in [6.07, 6.45) is 0. The summed E-state index contributed by atoms with van der Waals surface area (Å²) in [6.45, 7) is 0. The van der Waals surface area contributed by atoms with Gasteiger partial charge in [0.15, 0.2) is 0 Å². The SMILES string of the molecule is c1ccc(-c2cccc(-c3cc(-c4ccc(-c5cccc6c5C5(c7ccccc7-c7ccccc75)c5c-6oc6ccccc56)cc4)cc(-c4ccccc4)n3)c2)cc1. The number of benzene rings is 8. The lowest BCUT2D eigenvalue weighted by atomic mass is 9.68. The highest BCUT2D eigenvalue weighted by molar-refractivity contribution is 6.04. The van der Waals surface area contributed by atoms with Crippen molar-refractivity contribution >= 4 is 11.0 Å². The molecule has 0 atom stereocenters. The molecule has 0 aliphatic heterocycles. The first-order valence-electron chi connectivity index (χ1n) is 20.0. The molecule has 0 amide bonds. The highest BCUT2D eigenvalue weighted by Gasteiger charge is 2.55. The normalized spacial score (nSPS) is 13.0. The second-order valence-electron chi connectivity index (χ2n) is 15.4. The van der Waals surface area contributed by atoms with Crippen molar-refractivity contribution in [2.24, 2.45) is 0 Å². The van der Waals surface area contributed by atoms with E-state index in [0.29, 0.717) is 0 Å². The summed E-state index contributed by atoms with van der Waals surface area (Å²) in [5.74, 6) is 0.968. The summed E-state index contributed by atoms with van der Waals surface area (Å²) >= 11 is 0. The fourth-order valence-electron chi connectivity index (χ4n) is 9.83. The highest BCUT2D eigenvalue weighted by Crippen LogP contribution is 2.66.